The van der Waals surface area contributed by atoms with Crippen LogP contribution in [-0.2, 0) is 20.7 Å². The molecule has 0 bridgehead atoms. The lowest BCUT2D eigenvalue weighted by Crippen LogP contribution is -2.24. The number of carbonyl (C=O) groups is 2. The highest BCUT2D eigenvalue weighted by molar-refractivity contribution is 5.81. The highest BCUT2D eigenvalue weighted by Gasteiger charge is 2.15. The Hall–Kier alpha value is -1.71. The summed E-state index contributed by atoms with van der Waals surface area (Å²) in [6, 6.07) is 5.39. The van der Waals surface area contributed by atoms with Gasteiger partial charge in [0.05, 0.1) is 0 Å². The second-order valence-corrected chi connectivity index (χ2v) is 2.86. The average Bonchev–Trinajstić information content (AvgIpc) is 2.18. The number of aromatic nitrogens is 1. The molecule has 14 heavy (non-hydrogen) atoms. The zero-order valence-corrected chi connectivity index (χ0v) is 7.84. The second kappa shape index (κ2) is 5.11. The van der Waals surface area contributed by atoms with Gasteiger partial charge in [0.25, 0.3) is 6.47 Å². The normalized spacial score (nSPS) is 11.8. The van der Waals surface area contributed by atoms with Crippen molar-refractivity contribution in [3.63, 3.8) is 0 Å². The minimum atomic E-state index is -0.720. The number of rotatable bonds is 5. The van der Waals surface area contributed by atoms with Crippen LogP contribution in [0.2, 0.25) is 0 Å². The zero-order chi connectivity index (χ0) is 10.4. The molecular formula is C10H11NO3. The smallest absolute Gasteiger partial charge is 0.293 e. The molecule has 1 rings (SSSR count). The van der Waals surface area contributed by atoms with Crippen LogP contribution in [0.3, 0.4) is 0 Å². The number of ketones is 1. The molecule has 1 atom stereocenters. The van der Waals surface area contributed by atoms with Gasteiger partial charge in [0.15, 0.2) is 11.9 Å². The minimum absolute atomic E-state index is 0.178. The Morgan fingerprint density at radius 1 is 1.64 bits per heavy atom. The molecule has 1 heterocycles. The molecular weight excluding hydrogens is 182 g/mol. The van der Waals surface area contributed by atoms with E-state index in [1.54, 1.807) is 18.3 Å². The van der Waals surface area contributed by atoms with Crippen LogP contribution in [0.1, 0.15) is 12.6 Å². The van der Waals surface area contributed by atoms with Gasteiger partial charge in [-0.1, -0.05) is 6.07 Å². The maximum atomic E-state index is 11.0. The van der Waals surface area contributed by atoms with E-state index < -0.39 is 6.10 Å². The second-order valence-electron chi connectivity index (χ2n) is 2.86. The fourth-order valence-corrected chi connectivity index (χ4v) is 1.06. The predicted octanol–water partition coefficient (Wildman–Crippen LogP) is 0.755. The van der Waals surface area contributed by atoms with Gasteiger partial charge in [-0.3, -0.25) is 14.6 Å². The molecule has 0 saturated carbocycles. The van der Waals surface area contributed by atoms with Crippen LogP contribution in [0.4, 0.5) is 0 Å². The van der Waals surface area contributed by atoms with Crippen LogP contribution in [0.5, 0.6) is 0 Å². The van der Waals surface area contributed by atoms with Gasteiger partial charge >= 0.3 is 0 Å². The van der Waals surface area contributed by atoms with Crippen LogP contribution >= 0.6 is 0 Å². The zero-order valence-electron chi connectivity index (χ0n) is 7.84. The lowest BCUT2D eigenvalue weighted by molar-refractivity contribution is -0.142. The fraction of sp³-hybridized carbons (Fsp3) is 0.300. The molecule has 0 spiro atoms. The Morgan fingerprint density at radius 2 is 2.43 bits per heavy atom. The molecule has 74 valence electrons. The van der Waals surface area contributed by atoms with Crippen molar-refractivity contribution in [1.29, 1.82) is 0 Å². The summed E-state index contributed by atoms with van der Waals surface area (Å²) in [5.74, 6) is -0.178. The third-order valence-corrected chi connectivity index (χ3v) is 1.79. The maximum Gasteiger partial charge on any atom is 0.293 e. The van der Waals surface area contributed by atoms with Crippen LogP contribution in [0.25, 0.3) is 0 Å². The van der Waals surface area contributed by atoms with Gasteiger partial charge in [0, 0.05) is 18.3 Å². The van der Waals surface area contributed by atoms with Gasteiger partial charge in [-0.25, -0.2) is 0 Å². The number of hydrogen-bond donors (Lipinski definition) is 0. The topological polar surface area (TPSA) is 56.3 Å². The van der Waals surface area contributed by atoms with Crippen molar-refractivity contribution in [2.45, 2.75) is 19.4 Å². The SMILES string of the molecule is CC(=O)C(Cc1ccccn1)OC=O. The first kappa shape index (κ1) is 10.4. The van der Waals surface area contributed by atoms with E-state index in [4.69, 9.17) is 0 Å². The van der Waals surface area contributed by atoms with Crippen molar-refractivity contribution >= 4 is 12.3 Å². The van der Waals surface area contributed by atoms with E-state index in [-0.39, 0.29) is 12.3 Å². The van der Waals surface area contributed by atoms with Gasteiger partial charge in [-0.2, -0.15) is 0 Å². The molecule has 1 aromatic rings. The van der Waals surface area contributed by atoms with E-state index in [0.29, 0.717) is 6.42 Å². The van der Waals surface area contributed by atoms with Gasteiger partial charge in [-0.05, 0) is 19.1 Å². The van der Waals surface area contributed by atoms with E-state index in [0.717, 1.165) is 5.69 Å². The maximum absolute atomic E-state index is 11.0. The molecule has 0 saturated heterocycles. The largest absolute Gasteiger partial charge is 0.456 e. The Kier molecular flexibility index (Phi) is 3.79. The number of nitrogens with zero attached hydrogens (tertiary/aromatic N) is 1. The van der Waals surface area contributed by atoms with E-state index in [2.05, 4.69) is 9.72 Å². The van der Waals surface area contributed by atoms with E-state index in [1.165, 1.54) is 6.92 Å². The van der Waals surface area contributed by atoms with Crippen molar-refractivity contribution in [3.8, 4) is 0 Å². The minimum Gasteiger partial charge on any atom is -0.456 e. The quantitative estimate of drug-likeness (QED) is 0.647. The van der Waals surface area contributed by atoms with Crippen molar-refractivity contribution in [2.24, 2.45) is 0 Å². The van der Waals surface area contributed by atoms with Gasteiger partial charge < -0.3 is 4.74 Å². The Labute approximate surface area is 81.9 Å². The Balaban J connectivity index is 2.64. The molecule has 1 aromatic heterocycles. The van der Waals surface area contributed by atoms with E-state index >= 15 is 0 Å². The third kappa shape index (κ3) is 2.97. The summed E-state index contributed by atoms with van der Waals surface area (Å²) >= 11 is 0. The summed E-state index contributed by atoms with van der Waals surface area (Å²) in [6.45, 7) is 1.67. The molecule has 4 nitrogen and oxygen atoms in total. The molecule has 0 N–H and O–H groups in total. The Bertz CT molecular complexity index is 310. The number of pyridine rings is 1. The van der Waals surface area contributed by atoms with Crippen LogP contribution in [-0.4, -0.2) is 23.3 Å². The molecule has 0 aromatic carbocycles. The van der Waals surface area contributed by atoms with Crippen molar-refractivity contribution in [1.82, 2.24) is 4.98 Å². The molecule has 4 heteroatoms. The highest BCUT2D eigenvalue weighted by atomic mass is 16.5. The first-order valence-electron chi connectivity index (χ1n) is 4.23. The number of ether oxygens (including phenoxy) is 1. The summed E-state index contributed by atoms with van der Waals surface area (Å²) in [7, 11) is 0. The number of Topliss-reactive ketones (excluding diaryl/α,β-unsaturated/α-hetero) is 1. The summed E-state index contributed by atoms with van der Waals surface area (Å²) < 4.78 is 4.64. The van der Waals surface area contributed by atoms with Crippen LogP contribution in [0, 0.1) is 0 Å². The molecule has 0 amide bonds. The van der Waals surface area contributed by atoms with Crippen molar-refractivity contribution in [3.05, 3.63) is 30.1 Å². The van der Waals surface area contributed by atoms with E-state index in [1.807, 2.05) is 6.07 Å². The monoisotopic (exact) mass is 193 g/mol. The van der Waals surface area contributed by atoms with Crippen LogP contribution < -0.4 is 0 Å². The molecule has 0 radical (unpaired) electrons. The molecule has 1 unspecified atom stereocenters. The van der Waals surface area contributed by atoms with Gasteiger partial charge in [-0.15, -0.1) is 0 Å². The standard InChI is InChI=1S/C10H11NO3/c1-8(13)10(14-7-12)6-9-4-2-3-5-11-9/h2-5,7,10H,6H2,1H3. The van der Waals surface area contributed by atoms with Gasteiger partial charge in [0.1, 0.15) is 0 Å². The van der Waals surface area contributed by atoms with Gasteiger partial charge in [0.2, 0.25) is 0 Å². The highest BCUT2D eigenvalue weighted by Crippen LogP contribution is 2.03. The van der Waals surface area contributed by atoms with Crippen molar-refractivity contribution in [2.75, 3.05) is 0 Å². The first-order chi connectivity index (χ1) is 6.74. The third-order valence-electron chi connectivity index (χ3n) is 1.79. The van der Waals surface area contributed by atoms with E-state index in [9.17, 15) is 9.59 Å². The lowest BCUT2D eigenvalue weighted by atomic mass is 10.1. The summed E-state index contributed by atoms with van der Waals surface area (Å²) in [5.41, 5.74) is 0.731. The lowest BCUT2D eigenvalue weighted by Gasteiger charge is -2.10. The molecule has 0 aliphatic heterocycles. The van der Waals surface area contributed by atoms with Crippen molar-refractivity contribution < 1.29 is 14.3 Å². The summed E-state index contributed by atoms with van der Waals surface area (Å²) in [6.07, 6.45) is 1.24. The molecule has 0 aliphatic rings. The predicted molar refractivity (Wildman–Crippen MR) is 49.6 cm³/mol. The molecule has 0 fully saturated rings. The summed E-state index contributed by atoms with van der Waals surface area (Å²) in [5, 5.41) is 0. The number of carbonyl (C=O) groups excluding carboxylic acids is 2. The first-order valence-corrected chi connectivity index (χ1v) is 4.23. The summed E-state index contributed by atoms with van der Waals surface area (Å²) in [4.78, 5) is 25.2. The molecule has 0 aliphatic carbocycles. The fourth-order valence-electron chi connectivity index (χ4n) is 1.06. The number of hydrogen-bond acceptors (Lipinski definition) is 4. The average molecular weight is 193 g/mol. The Morgan fingerprint density at radius 3 is 2.93 bits per heavy atom. The van der Waals surface area contributed by atoms with Crippen LogP contribution in [0.15, 0.2) is 24.4 Å².